The molecule has 0 bridgehead atoms. The first-order valence-corrected chi connectivity index (χ1v) is 13.3. The van der Waals surface area contributed by atoms with E-state index in [2.05, 4.69) is 115 Å². The van der Waals surface area contributed by atoms with Gasteiger partial charge in [-0.15, -0.1) is 0 Å². The molecule has 0 aliphatic rings. The quantitative estimate of drug-likeness (QED) is 0.348. The summed E-state index contributed by atoms with van der Waals surface area (Å²) < 4.78 is 5.75. The molecule has 150 valence electrons. The normalized spacial score (nSPS) is 11.9. The van der Waals surface area contributed by atoms with Gasteiger partial charge in [0.15, 0.2) is 0 Å². The van der Waals surface area contributed by atoms with Gasteiger partial charge in [0.05, 0.1) is 7.11 Å². The molecule has 1 atom stereocenters. The predicted octanol–water partition coefficient (Wildman–Crippen LogP) is 5.26. The third kappa shape index (κ3) is 4.99. The second-order valence-corrected chi connectivity index (χ2v) is 11.6. The van der Waals surface area contributed by atoms with Crippen molar-refractivity contribution in [3.8, 4) is 5.75 Å². The molecule has 0 heterocycles. The van der Waals surface area contributed by atoms with Gasteiger partial charge in [-0.25, -0.2) is 0 Å². The molecule has 0 aliphatic heterocycles. The molecule has 0 saturated heterocycles. The van der Waals surface area contributed by atoms with Crippen LogP contribution in [0.15, 0.2) is 115 Å². The van der Waals surface area contributed by atoms with Crippen LogP contribution in [0.4, 0.5) is 0 Å². The molecular weight excluding hydrogens is 402 g/mol. The van der Waals surface area contributed by atoms with Crippen LogP contribution in [-0.2, 0) is 0 Å². The number of hydrogen-bond acceptors (Lipinski definition) is 1. The molecule has 0 fully saturated rings. The second-order valence-electron chi connectivity index (χ2n) is 6.98. The Labute approximate surface area is 182 Å². The van der Waals surface area contributed by atoms with E-state index in [-0.39, 0.29) is 0 Å². The number of hydrogen-bond donors (Lipinski definition) is 0. The summed E-state index contributed by atoms with van der Waals surface area (Å²) in [7, 11) is 0.874. The van der Waals surface area contributed by atoms with Gasteiger partial charge < -0.3 is 4.74 Å². The second kappa shape index (κ2) is 10.5. The fourth-order valence-corrected chi connectivity index (χ4v) is 9.16. The minimum atomic E-state index is -0.500. The summed E-state index contributed by atoms with van der Waals surface area (Å²) in [6.45, 7) is 0. The van der Waals surface area contributed by atoms with Crippen molar-refractivity contribution in [1.29, 1.82) is 0 Å². The average molecular weight is 428 g/mol. The molecular formula is C27H26OP2. The number of rotatable bonds is 8. The lowest BCUT2D eigenvalue weighted by molar-refractivity contribution is 0.418. The Morgan fingerprint density at radius 2 is 0.900 bits per heavy atom. The molecule has 0 aliphatic carbocycles. The Kier molecular flexibility index (Phi) is 7.30. The van der Waals surface area contributed by atoms with Crippen molar-refractivity contribution in [2.75, 3.05) is 19.4 Å². The highest BCUT2D eigenvalue weighted by Gasteiger charge is 2.21. The van der Waals surface area contributed by atoms with Crippen LogP contribution in [0.3, 0.4) is 0 Å². The average Bonchev–Trinajstić information content (AvgIpc) is 2.84. The summed E-state index contributed by atoms with van der Waals surface area (Å²) in [4.78, 5) is 0. The van der Waals surface area contributed by atoms with Crippen molar-refractivity contribution in [3.05, 3.63) is 115 Å². The Balaban J connectivity index is 1.68. The van der Waals surface area contributed by atoms with Gasteiger partial charge in [-0.05, 0) is 50.1 Å². The molecule has 0 aromatic heterocycles. The molecule has 30 heavy (non-hydrogen) atoms. The van der Waals surface area contributed by atoms with Gasteiger partial charge in [-0.1, -0.05) is 109 Å². The van der Waals surface area contributed by atoms with Gasteiger partial charge in [0.25, 0.3) is 0 Å². The maximum atomic E-state index is 5.75. The monoisotopic (exact) mass is 428 g/mol. The lowest BCUT2D eigenvalue weighted by Gasteiger charge is -2.25. The highest BCUT2D eigenvalue weighted by atomic mass is 31.1. The first kappa shape index (κ1) is 20.8. The van der Waals surface area contributed by atoms with Crippen molar-refractivity contribution in [2.45, 2.75) is 0 Å². The Morgan fingerprint density at radius 1 is 0.500 bits per heavy atom. The third-order valence-corrected chi connectivity index (χ3v) is 10.5. The van der Waals surface area contributed by atoms with E-state index < -0.39 is 15.8 Å². The standard InChI is InChI=1S/C27H26OP2/c1-28-26-19-11-12-20-27(26)30(25-17-9-4-10-18-25)22-21-29(23-13-5-2-6-14-23)24-15-7-3-8-16-24/h2-20H,21-22H2,1H3/t30-/m1/s1. The van der Waals surface area contributed by atoms with Crippen LogP contribution >= 0.6 is 15.8 Å². The predicted molar refractivity (Wildman–Crippen MR) is 134 cm³/mol. The molecule has 0 radical (unpaired) electrons. The summed E-state index contributed by atoms with van der Waals surface area (Å²) in [5.74, 6) is 0.996. The maximum absolute atomic E-state index is 5.75. The highest BCUT2D eigenvalue weighted by Crippen LogP contribution is 2.42. The van der Waals surface area contributed by atoms with Crippen molar-refractivity contribution in [3.63, 3.8) is 0 Å². The van der Waals surface area contributed by atoms with E-state index in [0.717, 1.165) is 18.1 Å². The zero-order valence-corrected chi connectivity index (χ0v) is 19.0. The van der Waals surface area contributed by atoms with E-state index in [1.54, 1.807) is 7.11 Å². The van der Waals surface area contributed by atoms with E-state index in [9.17, 15) is 0 Å². The summed E-state index contributed by atoms with van der Waals surface area (Å²) in [5.41, 5.74) is 0. The van der Waals surface area contributed by atoms with Crippen LogP contribution in [0, 0.1) is 0 Å². The number of para-hydroxylation sites is 1. The molecule has 4 aromatic rings. The van der Waals surface area contributed by atoms with Gasteiger partial charge in [0.2, 0.25) is 0 Å². The zero-order valence-electron chi connectivity index (χ0n) is 17.2. The molecule has 3 heteroatoms. The summed E-state index contributed by atoms with van der Waals surface area (Å²) in [6.07, 6.45) is 2.29. The molecule has 4 rings (SSSR count). The molecule has 0 N–H and O–H groups in total. The number of ether oxygens (including phenoxy) is 1. The summed E-state index contributed by atoms with van der Waals surface area (Å²) in [5, 5.41) is 5.63. The topological polar surface area (TPSA) is 9.23 Å². The van der Waals surface area contributed by atoms with Gasteiger partial charge in [-0.2, -0.15) is 0 Å². The molecule has 0 unspecified atom stereocenters. The smallest absolute Gasteiger partial charge is 0.126 e. The van der Waals surface area contributed by atoms with Crippen molar-refractivity contribution < 1.29 is 4.74 Å². The van der Waals surface area contributed by atoms with E-state index in [1.165, 1.54) is 21.2 Å². The number of benzene rings is 4. The first-order valence-electron chi connectivity index (χ1n) is 10.2. The zero-order chi connectivity index (χ0) is 20.6. The lowest BCUT2D eigenvalue weighted by Crippen LogP contribution is -2.20. The molecule has 0 spiro atoms. The minimum Gasteiger partial charge on any atom is -0.496 e. The van der Waals surface area contributed by atoms with E-state index in [1.807, 2.05) is 0 Å². The SMILES string of the molecule is COc1ccccc1[P@](CCP(c1ccccc1)c1ccccc1)c1ccccc1. The van der Waals surface area contributed by atoms with Crippen LogP contribution < -0.4 is 26.0 Å². The summed E-state index contributed by atoms with van der Waals surface area (Å²) >= 11 is 0. The first-order chi connectivity index (χ1) is 14.9. The van der Waals surface area contributed by atoms with E-state index in [4.69, 9.17) is 4.74 Å². The van der Waals surface area contributed by atoms with Crippen molar-refractivity contribution in [2.24, 2.45) is 0 Å². The van der Waals surface area contributed by atoms with E-state index >= 15 is 0 Å². The number of methoxy groups -OCH3 is 1. The van der Waals surface area contributed by atoms with Crippen LogP contribution in [0.2, 0.25) is 0 Å². The van der Waals surface area contributed by atoms with Gasteiger partial charge in [0.1, 0.15) is 5.75 Å². The molecule has 1 nitrogen and oxygen atoms in total. The van der Waals surface area contributed by atoms with Gasteiger partial charge in [-0.3, -0.25) is 0 Å². The van der Waals surface area contributed by atoms with Crippen LogP contribution in [0.5, 0.6) is 5.75 Å². The van der Waals surface area contributed by atoms with Crippen LogP contribution in [0.25, 0.3) is 0 Å². The fraction of sp³-hybridized carbons (Fsp3) is 0.111. The molecule has 4 aromatic carbocycles. The highest BCUT2D eigenvalue weighted by molar-refractivity contribution is 7.76. The largest absolute Gasteiger partial charge is 0.496 e. The lowest BCUT2D eigenvalue weighted by atomic mass is 10.3. The Hall–Kier alpha value is -2.46. The maximum Gasteiger partial charge on any atom is 0.126 e. The van der Waals surface area contributed by atoms with E-state index in [0.29, 0.717) is 0 Å². The fourth-order valence-electron chi connectivity index (χ4n) is 3.67. The molecule has 0 saturated carbocycles. The summed E-state index contributed by atoms with van der Waals surface area (Å²) in [6, 6.07) is 41.4. The van der Waals surface area contributed by atoms with Crippen molar-refractivity contribution >= 4 is 37.1 Å². The van der Waals surface area contributed by atoms with Crippen LogP contribution in [0.1, 0.15) is 0 Å². The van der Waals surface area contributed by atoms with Crippen LogP contribution in [-0.4, -0.2) is 19.4 Å². The Morgan fingerprint density at radius 3 is 1.40 bits per heavy atom. The van der Waals surface area contributed by atoms with Gasteiger partial charge >= 0.3 is 0 Å². The molecule has 0 amide bonds. The van der Waals surface area contributed by atoms with Crippen molar-refractivity contribution in [1.82, 2.24) is 0 Å². The minimum absolute atomic E-state index is 0.403. The van der Waals surface area contributed by atoms with Gasteiger partial charge in [0, 0.05) is 5.30 Å². The third-order valence-electron chi connectivity index (χ3n) is 5.13. The Bertz CT molecular complexity index is 996.